The number of hydrogen-bond acceptors (Lipinski definition) is 8. The molecule has 29 heavy (non-hydrogen) atoms. The number of carboxylic acid groups (broad SMARTS) is 1. The van der Waals surface area contributed by atoms with E-state index in [0.29, 0.717) is 9.33 Å². The van der Waals surface area contributed by atoms with Crippen LogP contribution in [0, 0.1) is 17.4 Å². The van der Waals surface area contributed by atoms with Crippen LogP contribution in [0.5, 0.6) is 0 Å². The number of alkyl halides is 1. The van der Waals surface area contributed by atoms with Crippen LogP contribution in [0.25, 0.3) is 0 Å². The lowest BCUT2D eigenvalue weighted by Crippen LogP contribution is -2.68. The molecule has 1 heterocycles. The molecule has 2 rings (SSSR count). The number of carboxylic acids is 1. The first-order valence-electron chi connectivity index (χ1n) is 8.74. The fraction of sp³-hybridized carbons (Fsp3) is 0.588. The molecule has 12 heteroatoms. The van der Waals surface area contributed by atoms with E-state index in [-0.39, 0.29) is 30.6 Å². The second-order valence-electron chi connectivity index (χ2n) is 6.48. The van der Waals surface area contributed by atoms with Crippen molar-refractivity contribution in [2.45, 2.75) is 37.6 Å². The van der Waals surface area contributed by atoms with E-state index in [1.54, 1.807) is 6.19 Å². The quantitative estimate of drug-likeness (QED) is 0.0482. The molecule has 10 nitrogen and oxygen atoms in total. The Labute approximate surface area is 186 Å². The molecule has 0 aromatic rings. The summed E-state index contributed by atoms with van der Waals surface area (Å²) in [7, 11) is 0. The zero-order valence-corrected chi connectivity index (χ0v) is 18.6. The molecular formula is C17H20IN3O7S. The van der Waals surface area contributed by atoms with Crippen LogP contribution in [0.4, 0.5) is 0 Å². The van der Waals surface area contributed by atoms with Gasteiger partial charge in [0, 0.05) is 11.4 Å². The average molecular weight is 537 g/mol. The number of nitriles is 1. The lowest BCUT2D eigenvalue weighted by atomic mass is 10.0. The smallest absolute Gasteiger partial charge is 0.358 e. The summed E-state index contributed by atoms with van der Waals surface area (Å²) in [5.74, 6) is -3.52. The van der Waals surface area contributed by atoms with Crippen molar-refractivity contribution in [1.82, 2.24) is 9.80 Å². The van der Waals surface area contributed by atoms with E-state index < -0.39 is 41.6 Å². The maximum absolute atomic E-state index is 12.7. The Balaban J connectivity index is 2.39. The number of halogens is 1. The fourth-order valence-electron chi connectivity index (χ4n) is 2.66. The van der Waals surface area contributed by atoms with Crippen LogP contribution in [0.3, 0.4) is 0 Å². The summed E-state index contributed by atoms with van der Waals surface area (Å²) in [6.45, 7) is 1.39. The molecule has 2 amide bonds. The summed E-state index contributed by atoms with van der Waals surface area (Å²) in [6.07, 6.45) is 2.86. The van der Waals surface area contributed by atoms with Gasteiger partial charge in [-0.2, -0.15) is 17.9 Å². The van der Waals surface area contributed by atoms with Crippen molar-refractivity contribution in [2.75, 3.05) is 17.6 Å². The number of β-lactam (4-membered cyclic amide) rings is 1. The molecule has 1 saturated heterocycles. The molecule has 2 unspecified atom stereocenters. The van der Waals surface area contributed by atoms with Crippen molar-refractivity contribution in [1.29, 1.82) is 5.26 Å². The van der Waals surface area contributed by atoms with Crippen molar-refractivity contribution < 1.29 is 33.8 Å². The SMILES string of the molecule is CC(=O)N(C#N)C1C(=O)N(C(C(=O)OCCI)=C(CC(=O)O)OCC2CC2)C1S. The standard InChI is InChI=1S/C17H20IN3O7S/c1-9(22)20(8-19)14-15(25)21(16(14)29)13(17(26)27-5-4-18)11(6-12(23)24)28-7-10-2-3-10/h10,14,16,29H,2-7H2,1H3,(H,23,24). The van der Waals surface area contributed by atoms with Gasteiger partial charge in [0.05, 0.1) is 6.61 Å². The molecule has 2 aliphatic rings. The van der Waals surface area contributed by atoms with E-state index >= 15 is 0 Å². The number of amides is 2. The zero-order valence-electron chi connectivity index (χ0n) is 15.5. The van der Waals surface area contributed by atoms with Crippen LogP contribution in [0.15, 0.2) is 11.5 Å². The van der Waals surface area contributed by atoms with E-state index in [2.05, 4.69) is 12.6 Å². The van der Waals surface area contributed by atoms with Gasteiger partial charge in [0.2, 0.25) is 5.91 Å². The zero-order chi connectivity index (χ0) is 21.7. The molecular weight excluding hydrogens is 517 g/mol. The van der Waals surface area contributed by atoms with Gasteiger partial charge in [0.1, 0.15) is 24.2 Å². The Morgan fingerprint density at radius 2 is 2.03 bits per heavy atom. The highest BCUT2D eigenvalue weighted by Crippen LogP contribution is 2.36. The van der Waals surface area contributed by atoms with Crippen molar-refractivity contribution in [3.63, 3.8) is 0 Å². The number of nitrogens with zero attached hydrogens (tertiary/aromatic N) is 3. The molecule has 0 bridgehead atoms. The maximum atomic E-state index is 12.7. The van der Waals surface area contributed by atoms with E-state index in [1.807, 2.05) is 22.6 Å². The highest BCUT2D eigenvalue weighted by molar-refractivity contribution is 14.1. The van der Waals surface area contributed by atoms with Crippen LogP contribution >= 0.6 is 35.2 Å². The number of thiol groups is 1. The van der Waals surface area contributed by atoms with Crippen LogP contribution in [-0.4, -0.2) is 67.7 Å². The molecule has 1 saturated carbocycles. The monoisotopic (exact) mass is 537 g/mol. The summed E-state index contributed by atoms with van der Waals surface area (Å²) in [4.78, 5) is 49.9. The average Bonchev–Trinajstić information content (AvgIpc) is 3.49. The molecule has 1 aliphatic carbocycles. The van der Waals surface area contributed by atoms with Crippen LogP contribution in [-0.2, 0) is 28.7 Å². The second kappa shape index (κ2) is 10.1. The molecule has 1 N–H and O–H groups in total. The normalized spacial score (nSPS) is 21.4. The Morgan fingerprint density at radius 3 is 2.48 bits per heavy atom. The number of carbonyl (C=O) groups excluding carboxylic acids is 3. The lowest BCUT2D eigenvalue weighted by Gasteiger charge is -2.46. The minimum absolute atomic E-state index is 0.0479. The molecule has 0 aromatic carbocycles. The predicted octanol–water partition coefficient (Wildman–Crippen LogP) is 0.874. The van der Waals surface area contributed by atoms with Crippen molar-refractivity contribution in [3.05, 3.63) is 11.5 Å². The number of hydrogen-bond donors (Lipinski definition) is 2. The highest BCUT2D eigenvalue weighted by atomic mass is 127. The largest absolute Gasteiger partial charge is 0.495 e. The number of carbonyl (C=O) groups is 4. The van der Waals surface area contributed by atoms with Crippen LogP contribution < -0.4 is 0 Å². The van der Waals surface area contributed by atoms with Gasteiger partial charge in [-0.25, -0.2) is 9.69 Å². The van der Waals surface area contributed by atoms with Crippen molar-refractivity contribution >= 4 is 59.0 Å². The summed E-state index contributed by atoms with van der Waals surface area (Å²) in [5, 5.41) is 17.3. The second-order valence-corrected chi connectivity index (χ2v) is 8.09. The molecule has 158 valence electrons. The third-order valence-corrected chi connectivity index (χ3v) is 5.23. The highest BCUT2D eigenvalue weighted by Gasteiger charge is 2.54. The van der Waals surface area contributed by atoms with E-state index in [1.165, 1.54) is 0 Å². The Morgan fingerprint density at radius 1 is 1.38 bits per heavy atom. The van der Waals surface area contributed by atoms with Crippen LogP contribution in [0.2, 0.25) is 0 Å². The molecule has 2 atom stereocenters. The Hall–Kier alpha value is -2.01. The molecule has 0 radical (unpaired) electrons. The third-order valence-electron chi connectivity index (χ3n) is 4.27. The number of ether oxygens (including phenoxy) is 2. The lowest BCUT2D eigenvalue weighted by molar-refractivity contribution is -0.157. The Kier molecular flexibility index (Phi) is 8.14. The first-order chi connectivity index (χ1) is 13.7. The fourth-order valence-corrected chi connectivity index (χ4v) is 3.37. The van der Waals surface area contributed by atoms with Crippen molar-refractivity contribution in [2.24, 2.45) is 5.92 Å². The van der Waals surface area contributed by atoms with Gasteiger partial charge in [-0.05, 0) is 18.8 Å². The predicted molar refractivity (Wildman–Crippen MR) is 109 cm³/mol. The van der Waals surface area contributed by atoms with E-state index in [0.717, 1.165) is 24.7 Å². The number of aliphatic carboxylic acids is 1. The number of rotatable bonds is 10. The van der Waals surface area contributed by atoms with Crippen molar-refractivity contribution in [3.8, 4) is 6.19 Å². The molecule has 0 spiro atoms. The maximum Gasteiger partial charge on any atom is 0.358 e. The van der Waals surface area contributed by atoms with Gasteiger partial charge in [-0.1, -0.05) is 22.6 Å². The first kappa shape index (κ1) is 23.3. The third kappa shape index (κ3) is 5.53. The molecule has 2 fully saturated rings. The van der Waals surface area contributed by atoms with Gasteiger partial charge >= 0.3 is 11.9 Å². The van der Waals surface area contributed by atoms with E-state index in [4.69, 9.17) is 14.7 Å². The van der Waals surface area contributed by atoms with Gasteiger partial charge in [0.25, 0.3) is 5.91 Å². The summed E-state index contributed by atoms with van der Waals surface area (Å²) in [6, 6.07) is -1.21. The molecule has 0 aromatic heterocycles. The van der Waals surface area contributed by atoms with Gasteiger partial charge in [0.15, 0.2) is 17.9 Å². The van der Waals surface area contributed by atoms with Crippen LogP contribution in [0.1, 0.15) is 26.2 Å². The Bertz CT molecular complexity index is 777. The van der Waals surface area contributed by atoms with E-state index in [9.17, 15) is 24.3 Å². The topological polar surface area (TPSA) is 137 Å². The summed E-state index contributed by atoms with van der Waals surface area (Å²) >= 11 is 6.26. The minimum atomic E-state index is -1.25. The first-order valence-corrected chi connectivity index (χ1v) is 10.8. The summed E-state index contributed by atoms with van der Waals surface area (Å²) in [5.41, 5.74) is -0.361. The summed E-state index contributed by atoms with van der Waals surface area (Å²) < 4.78 is 11.2. The van der Waals surface area contributed by atoms with Gasteiger partial charge < -0.3 is 14.6 Å². The number of likely N-dealkylation sites (tertiary alicyclic amines) is 1. The number of esters is 1. The minimum Gasteiger partial charge on any atom is -0.495 e. The van der Waals surface area contributed by atoms with Gasteiger partial charge in [-0.3, -0.25) is 19.3 Å². The van der Waals surface area contributed by atoms with Gasteiger partial charge in [-0.15, -0.1) is 0 Å². The molecule has 1 aliphatic heterocycles.